The summed E-state index contributed by atoms with van der Waals surface area (Å²) in [5.41, 5.74) is 0.296. The summed E-state index contributed by atoms with van der Waals surface area (Å²) in [6, 6.07) is 9.50. The van der Waals surface area contributed by atoms with Gasteiger partial charge in [0.1, 0.15) is 11.5 Å². The molecule has 0 atom stereocenters. The summed E-state index contributed by atoms with van der Waals surface area (Å²) < 4.78 is 5.66. The summed E-state index contributed by atoms with van der Waals surface area (Å²) in [7, 11) is 0. The van der Waals surface area contributed by atoms with Gasteiger partial charge in [-0.3, -0.25) is 24.6 Å². The Kier molecular flexibility index (Phi) is 5.75. The maximum absolute atomic E-state index is 12.4. The maximum Gasteiger partial charge on any atom is 0.293 e. The van der Waals surface area contributed by atoms with Crippen LogP contribution in [-0.4, -0.2) is 27.5 Å². The van der Waals surface area contributed by atoms with Crippen LogP contribution in [0.2, 0.25) is 0 Å². The predicted octanol–water partition coefficient (Wildman–Crippen LogP) is 5.08. The molecule has 1 aromatic heterocycles. The molecule has 7 nitrogen and oxygen atoms in total. The Morgan fingerprint density at radius 2 is 1.96 bits per heavy atom. The first-order chi connectivity index (χ1) is 13.0. The first-order valence-electron chi connectivity index (χ1n) is 8.60. The number of benzene rings is 1. The van der Waals surface area contributed by atoms with Gasteiger partial charge in [-0.25, -0.2) is 0 Å². The van der Waals surface area contributed by atoms with Crippen molar-refractivity contribution < 1.29 is 18.9 Å². The Balaban J connectivity index is 1.81. The van der Waals surface area contributed by atoms with Crippen LogP contribution >= 0.6 is 11.8 Å². The zero-order valence-electron chi connectivity index (χ0n) is 14.7. The molecule has 1 aliphatic heterocycles. The fraction of sp³-hybridized carbons (Fsp3) is 0.263. The number of furan rings is 1. The van der Waals surface area contributed by atoms with E-state index in [0.717, 1.165) is 31.0 Å². The Morgan fingerprint density at radius 1 is 1.19 bits per heavy atom. The van der Waals surface area contributed by atoms with Crippen molar-refractivity contribution in [2.45, 2.75) is 26.2 Å². The zero-order valence-corrected chi connectivity index (χ0v) is 15.5. The number of amides is 2. The quantitative estimate of drug-likeness (QED) is 0.285. The van der Waals surface area contributed by atoms with E-state index in [0.29, 0.717) is 28.5 Å². The van der Waals surface area contributed by atoms with Gasteiger partial charge in [-0.05, 0) is 36.4 Å². The lowest BCUT2D eigenvalue weighted by Crippen LogP contribution is -2.29. The van der Waals surface area contributed by atoms with Crippen LogP contribution in [0.5, 0.6) is 0 Å². The Morgan fingerprint density at radius 3 is 2.70 bits per heavy atom. The number of thioether (sulfide) groups is 1. The minimum Gasteiger partial charge on any atom is -0.456 e. The number of hydrogen-bond acceptors (Lipinski definition) is 6. The average molecular weight is 386 g/mol. The van der Waals surface area contributed by atoms with Crippen LogP contribution in [0.4, 0.5) is 10.5 Å². The molecule has 1 aliphatic rings. The van der Waals surface area contributed by atoms with Crippen LogP contribution in [0.15, 0.2) is 45.7 Å². The van der Waals surface area contributed by atoms with Gasteiger partial charge in [-0.15, -0.1) is 0 Å². The molecule has 0 radical (unpaired) electrons. The van der Waals surface area contributed by atoms with E-state index < -0.39 is 4.92 Å². The number of carbonyl (C=O) groups is 2. The number of unbranched alkanes of at least 4 members (excludes halogenated alkanes) is 2. The highest BCUT2D eigenvalue weighted by molar-refractivity contribution is 8.18. The van der Waals surface area contributed by atoms with Gasteiger partial charge in [0, 0.05) is 18.7 Å². The van der Waals surface area contributed by atoms with Crippen molar-refractivity contribution in [3.05, 3.63) is 57.2 Å². The van der Waals surface area contributed by atoms with Gasteiger partial charge >= 0.3 is 0 Å². The Hall–Kier alpha value is -2.87. The van der Waals surface area contributed by atoms with E-state index in [9.17, 15) is 19.7 Å². The highest BCUT2D eigenvalue weighted by Crippen LogP contribution is 2.35. The van der Waals surface area contributed by atoms with Gasteiger partial charge in [-0.2, -0.15) is 0 Å². The lowest BCUT2D eigenvalue weighted by Gasteiger charge is -2.11. The minimum atomic E-state index is -0.473. The second-order valence-corrected chi connectivity index (χ2v) is 7.01. The predicted molar refractivity (Wildman–Crippen MR) is 103 cm³/mol. The first kappa shape index (κ1) is 18.9. The third kappa shape index (κ3) is 4.11. The van der Waals surface area contributed by atoms with Crippen molar-refractivity contribution in [1.29, 1.82) is 0 Å². The third-order valence-corrected chi connectivity index (χ3v) is 5.03. The highest BCUT2D eigenvalue weighted by atomic mass is 32.2. The summed E-state index contributed by atoms with van der Waals surface area (Å²) in [6.45, 7) is 2.47. The van der Waals surface area contributed by atoms with Gasteiger partial charge in [0.05, 0.1) is 15.4 Å². The molecule has 1 fully saturated rings. The summed E-state index contributed by atoms with van der Waals surface area (Å²) in [5, 5.41) is 10.9. The van der Waals surface area contributed by atoms with Crippen LogP contribution in [0.3, 0.4) is 0 Å². The summed E-state index contributed by atoms with van der Waals surface area (Å²) in [5.74, 6) is 0.364. The van der Waals surface area contributed by atoms with Crippen molar-refractivity contribution in [3.8, 4) is 11.3 Å². The van der Waals surface area contributed by atoms with E-state index in [4.69, 9.17) is 4.42 Å². The SMILES string of the molecule is CCCCCN1C(=O)S/C(=C\c2ccc(-c3ccccc3[N+](=O)[O-])o2)C1=O. The molecule has 2 amide bonds. The van der Waals surface area contributed by atoms with Crippen molar-refractivity contribution in [2.24, 2.45) is 0 Å². The fourth-order valence-electron chi connectivity index (χ4n) is 2.76. The molecule has 0 saturated carbocycles. The van der Waals surface area contributed by atoms with Crippen molar-refractivity contribution in [3.63, 3.8) is 0 Å². The van der Waals surface area contributed by atoms with Crippen LogP contribution in [0, 0.1) is 10.1 Å². The standard InChI is InChI=1S/C19H18N2O5S/c1-2-3-6-11-20-18(22)17(27-19(20)23)12-13-9-10-16(26-13)14-7-4-5-8-15(14)21(24)25/h4-5,7-10,12H,2-3,6,11H2,1H3/b17-12-. The molecule has 1 aromatic carbocycles. The highest BCUT2D eigenvalue weighted by Gasteiger charge is 2.34. The summed E-state index contributed by atoms with van der Waals surface area (Å²) >= 11 is 0.878. The second kappa shape index (κ2) is 8.22. The average Bonchev–Trinajstić information content (AvgIpc) is 3.22. The van der Waals surface area contributed by atoms with Gasteiger partial charge in [0.15, 0.2) is 0 Å². The number of nitro groups is 1. The molecule has 2 aromatic rings. The normalized spacial score (nSPS) is 15.7. The van der Waals surface area contributed by atoms with Crippen molar-refractivity contribution in [2.75, 3.05) is 6.54 Å². The topological polar surface area (TPSA) is 93.7 Å². The maximum atomic E-state index is 12.4. The number of nitro benzene ring substituents is 1. The molecule has 0 spiro atoms. The van der Waals surface area contributed by atoms with Crippen LogP contribution in [0.1, 0.15) is 31.9 Å². The van der Waals surface area contributed by atoms with E-state index in [1.54, 1.807) is 30.3 Å². The number of rotatable bonds is 7. The minimum absolute atomic E-state index is 0.0605. The van der Waals surface area contributed by atoms with Gasteiger partial charge < -0.3 is 4.42 Å². The lowest BCUT2D eigenvalue weighted by atomic mass is 10.1. The van der Waals surface area contributed by atoms with E-state index in [1.165, 1.54) is 17.0 Å². The van der Waals surface area contributed by atoms with E-state index in [-0.39, 0.29) is 16.8 Å². The fourth-order valence-corrected chi connectivity index (χ4v) is 3.60. The van der Waals surface area contributed by atoms with Crippen molar-refractivity contribution >= 4 is 34.7 Å². The molecule has 0 aliphatic carbocycles. The van der Waals surface area contributed by atoms with E-state index >= 15 is 0 Å². The van der Waals surface area contributed by atoms with Gasteiger partial charge in [0.25, 0.3) is 16.8 Å². The summed E-state index contributed by atoms with van der Waals surface area (Å²) in [4.78, 5) is 36.7. The molecule has 3 rings (SSSR count). The third-order valence-electron chi connectivity index (χ3n) is 4.13. The number of nitrogens with zero attached hydrogens (tertiary/aromatic N) is 2. The number of para-hydroxylation sites is 1. The molecule has 1 saturated heterocycles. The molecular weight excluding hydrogens is 368 g/mol. The molecule has 0 N–H and O–H groups in total. The monoisotopic (exact) mass is 386 g/mol. The second-order valence-electron chi connectivity index (χ2n) is 6.02. The zero-order chi connectivity index (χ0) is 19.4. The number of imide groups is 1. The molecule has 27 heavy (non-hydrogen) atoms. The van der Waals surface area contributed by atoms with Crippen LogP contribution in [0.25, 0.3) is 17.4 Å². The smallest absolute Gasteiger partial charge is 0.293 e. The number of carbonyl (C=O) groups excluding carboxylic acids is 2. The largest absolute Gasteiger partial charge is 0.456 e. The summed E-state index contributed by atoms with van der Waals surface area (Å²) in [6.07, 6.45) is 4.25. The Bertz CT molecular complexity index is 918. The molecule has 140 valence electrons. The molecule has 2 heterocycles. The molecule has 0 bridgehead atoms. The van der Waals surface area contributed by atoms with Crippen LogP contribution in [-0.2, 0) is 4.79 Å². The van der Waals surface area contributed by atoms with E-state index in [1.807, 2.05) is 0 Å². The molecule has 0 unspecified atom stereocenters. The number of hydrogen-bond donors (Lipinski definition) is 0. The van der Waals surface area contributed by atoms with E-state index in [2.05, 4.69) is 6.92 Å². The van der Waals surface area contributed by atoms with Gasteiger partial charge in [0.2, 0.25) is 0 Å². The first-order valence-corrected chi connectivity index (χ1v) is 9.42. The molecular formula is C19H18N2O5S. The van der Waals surface area contributed by atoms with Gasteiger partial charge in [-0.1, -0.05) is 31.9 Å². The van der Waals surface area contributed by atoms with Crippen molar-refractivity contribution in [1.82, 2.24) is 4.90 Å². The molecule has 8 heteroatoms. The lowest BCUT2D eigenvalue weighted by molar-refractivity contribution is -0.384. The Labute approximate surface area is 160 Å². The van der Waals surface area contributed by atoms with Crippen LogP contribution < -0.4 is 0 Å².